The van der Waals surface area contributed by atoms with Gasteiger partial charge in [0.1, 0.15) is 23.8 Å². The van der Waals surface area contributed by atoms with Crippen molar-refractivity contribution in [2.75, 3.05) is 0 Å². The largest absolute Gasteiger partial charge is 0.192 e. The van der Waals surface area contributed by atoms with Gasteiger partial charge in [0.15, 0.2) is 0 Å². The highest BCUT2D eigenvalue weighted by atomic mass is 32.2. The lowest BCUT2D eigenvalue weighted by Gasteiger charge is -2.30. The molecule has 0 aromatic heterocycles. The van der Waals surface area contributed by atoms with Crippen molar-refractivity contribution in [3.63, 3.8) is 0 Å². The summed E-state index contributed by atoms with van der Waals surface area (Å²) in [5, 5.41) is 28.3. The minimum atomic E-state index is -0.389. The third kappa shape index (κ3) is 5.84. The average Bonchev–Trinajstić information content (AvgIpc) is 3.02. The first kappa shape index (κ1) is 24.1. The fourth-order valence-corrected chi connectivity index (χ4v) is 5.48. The number of hydrogen-bond acceptors (Lipinski definition) is 4. The Bertz CT molecular complexity index is 1230. The first-order valence-electron chi connectivity index (χ1n) is 10.9. The highest BCUT2D eigenvalue weighted by molar-refractivity contribution is 8.05. The predicted octanol–water partition coefficient (Wildman–Crippen LogP) is 7.58. The number of allylic oxidation sites excluding steroid dienone is 9. The molecule has 3 rings (SSSR count). The molecule has 164 valence electrons. The number of nitriles is 3. The minimum Gasteiger partial charge on any atom is -0.192 e. The SMILES string of the molecule is CC1(C)CC(/C=C/c2ccccc2)=CC(=C/C=C/C2=C(C#N)C(=C(C#N)C#N)SC2(C)C)/C1. The molecule has 1 aromatic rings. The van der Waals surface area contributed by atoms with E-state index >= 15 is 0 Å². The van der Waals surface area contributed by atoms with Crippen molar-refractivity contribution in [2.45, 2.75) is 45.3 Å². The second-order valence-corrected chi connectivity index (χ2v) is 11.2. The molecule has 2 aliphatic rings. The Hall–Kier alpha value is -3.52. The first-order valence-corrected chi connectivity index (χ1v) is 11.7. The molecule has 0 saturated carbocycles. The number of rotatable bonds is 4. The van der Waals surface area contributed by atoms with E-state index < -0.39 is 0 Å². The van der Waals surface area contributed by atoms with Crippen LogP contribution < -0.4 is 0 Å². The summed E-state index contributed by atoms with van der Waals surface area (Å²) in [6.45, 7) is 8.58. The predicted molar refractivity (Wildman–Crippen MR) is 136 cm³/mol. The van der Waals surface area contributed by atoms with Gasteiger partial charge in [-0.3, -0.25) is 0 Å². The van der Waals surface area contributed by atoms with E-state index in [0.717, 1.165) is 18.4 Å². The molecule has 0 atom stereocenters. The zero-order valence-electron chi connectivity index (χ0n) is 19.5. The van der Waals surface area contributed by atoms with E-state index in [4.69, 9.17) is 0 Å². The summed E-state index contributed by atoms with van der Waals surface area (Å²) in [7, 11) is 0. The van der Waals surface area contributed by atoms with Gasteiger partial charge < -0.3 is 0 Å². The van der Waals surface area contributed by atoms with Gasteiger partial charge in [0.2, 0.25) is 0 Å². The van der Waals surface area contributed by atoms with Gasteiger partial charge in [0.25, 0.3) is 0 Å². The molecular formula is C29H27N3S. The molecule has 1 aliphatic heterocycles. The van der Waals surface area contributed by atoms with Gasteiger partial charge >= 0.3 is 0 Å². The molecular weight excluding hydrogens is 422 g/mol. The molecule has 0 spiro atoms. The molecule has 3 nitrogen and oxygen atoms in total. The Morgan fingerprint density at radius 1 is 0.939 bits per heavy atom. The van der Waals surface area contributed by atoms with E-state index in [9.17, 15) is 15.8 Å². The summed E-state index contributed by atoms with van der Waals surface area (Å²) in [6, 6.07) is 16.4. The molecule has 1 aliphatic carbocycles. The zero-order chi connectivity index (χ0) is 24.1. The Morgan fingerprint density at radius 3 is 2.27 bits per heavy atom. The van der Waals surface area contributed by atoms with Crippen molar-refractivity contribution in [3.8, 4) is 18.2 Å². The third-order valence-corrected chi connectivity index (χ3v) is 7.01. The highest BCUT2D eigenvalue weighted by Gasteiger charge is 2.37. The van der Waals surface area contributed by atoms with Crippen LogP contribution in [0.25, 0.3) is 6.08 Å². The van der Waals surface area contributed by atoms with Gasteiger partial charge in [-0.25, -0.2) is 0 Å². The maximum Gasteiger partial charge on any atom is 0.144 e. The van der Waals surface area contributed by atoms with Gasteiger partial charge in [-0.2, -0.15) is 15.8 Å². The maximum absolute atomic E-state index is 9.74. The lowest BCUT2D eigenvalue weighted by Crippen LogP contribution is -2.16. The lowest BCUT2D eigenvalue weighted by atomic mass is 9.75. The van der Waals surface area contributed by atoms with Crippen LogP contribution in [0.1, 0.15) is 46.1 Å². The first-order chi connectivity index (χ1) is 15.7. The maximum atomic E-state index is 9.74. The van der Waals surface area contributed by atoms with Crippen LogP contribution in [-0.2, 0) is 0 Å². The van der Waals surface area contributed by atoms with Crippen LogP contribution in [-0.4, -0.2) is 4.75 Å². The van der Waals surface area contributed by atoms with Crippen LogP contribution in [0.3, 0.4) is 0 Å². The normalized spacial score (nSPS) is 20.6. The number of benzene rings is 1. The molecule has 4 heteroatoms. The van der Waals surface area contributed by atoms with Gasteiger partial charge in [-0.15, -0.1) is 11.8 Å². The number of thioether (sulfide) groups is 1. The lowest BCUT2D eigenvalue weighted by molar-refractivity contribution is 0.355. The van der Waals surface area contributed by atoms with Crippen LogP contribution in [0.2, 0.25) is 0 Å². The van der Waals surface area contributed by atoms with Gasteiger partial charge in [0.05, 0.1) is 10.5 Å². The van der Waals surface area contributed by atoms with Crippen molar-refractivity contribution in [1.29, 1.82) is 15.8 Å². The summed E-state index contributed by atoms with van der Waals surface area (Å²) < 4.78 is -0.389. The van der Waals surface area contributed by atoms with E-state index in [1.54, 1.807) is 0 Å². The molecule has 0 saturated heterocycles. The monoisotopic (exact) mass is 449 g/mol. The Labute approximate surface area is 201 Å². The summed E-state index contributed by atoms with van der Waals surface area (Å²) >= 11 is 1.40. The van der Waals surface area contributed by atoms with Crippen LogP contribution >= 0.6 is 11.8 Å². The average molecular weight is 450 g/mol. The molecule has 0 unspecified atom stereocenters. The van der Waals surface area contributed by atoms with E-state index in [-0.39, 0.29) is 15.7 Å². The van der Waals surface area contributed by atoms with E-state index in [1.807, 2.05) is 56.3 Å². The Morgan fingerprint density at radius 2 is 1.64 bits per heavy atom. The molecule has 1 aromatic carbocycles. The summed E-state index contributed by atoms with van der Waals surface area (Å²) in [5.41, 5.74) is 5.14. The van der Waals surface area contributed by atoms with Crippen molar-refractivity contribution in [3.05, 3.63) is 99.0 Å². The summed E-state index contributed by atoms with van der Waals surface area (Å²) in [4.78, 5) is 0.479. The summed E-state index contributed by atoms with van der Waals surface area (Å²) in [5.74, 6) is 0. The fraction of sp³-hybridized carbons (Fsp3) is 0.276. The highest BCUT2D eigenvalue weighted by Crippen LogP contribution is 2.51. The van der Waals surface area contributed by atoms with Gasteiger partial charge in [0, 0.05) is 4.75 Å². The molecule has 1 heterocycles. The molecule has 33 heavy (non-hydrogen) atoms. The van der Waals surface area contributed by atoms with Crippen molar-refractivity contribution in [2.24, 2.45) is 5.41 Å². The fourth-order valence-electron chi connectivity index (χ4n) is 4.24. The quantitative estimate of drug-likeness (QED) is 0.444. The zero-order valence-corrected chi connectivity index (χ0v) is 20.3. The van der Waals surface area contributed by atoms with E-state index in [0.29, 0.717) is 10.5 Å². The van der Waals surface area contributed by atoms with Gasteiger partial charge in [-0.05, 0) is 54.4 Å². The standard InChI is InChI=1S/C29H27N3S/c1-28(2)16-22(15-23(17-28)14-13-21-9-6-5-7-10-21)11-8-12-26-25(20-32)27(24(18-30)19-31)33-29(26,3)4/h5-15H,16-17H2,1-4H3/b12-8+,14-13+,22-11-. The van der Waals surface area contributed by atoms with Crippen molar-refractivity contribution >= 4 is 17.8 Å². The molecule has 0 radical (unpaired) electrons. The number of hydrogen-bond donors (Lipinski definition) is 0. The second kappa shape index (κ2) is 9.95. The second-order valence-electron chi connectivity index (χ2n) is 9.52. The molecule has 0 N–H and O–H groups in total. The summed E-state index contributed by atoms with van der Waals surface area (Å²) in [6.07, 6.45) is 14.6. The van der Waals surface area contributed by atoms with E-state index in [2.05, 4.69) is 56.4 Å². The molecule has 0 amide bonds. The smallest absolute Gasteiger partial charge is 0.144 e. The minimum absolute atomic E-state index is 0.00168. The Kier molecular flexibility index (Phi) is 7.28. The van der Waals surface area contributed by atoms with Crippen LogP contribution in [0.4, 0.5) is 0 Å². The van der Waals surface area contributed by atoms with Crippen LogP contribution in [0.15, 0.2) is 93.5 Å². The Balaban J connectivity index is 1.93. The van der Waals surface area contributed by atoms with Crippen molar-refractivity contribution < 1.29 is 0 Å². The molecule has 0 bridgehead atoms. The van der Waals surface area contributed by atoms with Gasteiger partial charge in [-0.1, -0.05) is 80.6 Å². The van der Waals surface area contributed by atoms with Crippen LogP contribution in [0, 0.1) is 39.4 Å². The topological polar surface area (TPSA) is 71.4 Å². The van der Waals surface area contributed by atoms with E-state index in [1.165, 1.54) is 28.5 Å². The number of nitrogens with zero attached hydrogens (tertiary/aromatic N) is 3. The third-order valence-electron chi connectivity index (χ3n) is 5.66. The van der Waals surface area contributed by atoms with Crippen LogP contribution in [0.5, 0.6) is 0 Å². The molecule has 0 fully saturated rings. The van der Waals surface area contributed by atoms with Crippen molar-refractivity contribution in [1.82, 2.24) is 0 Å².